The minimum absolute atomic E-state index is 0.241. The summed E-state index contributed by atoms with van der Waals surface area (Å²) in [6.07, 6.45) is 8.66. The van der Waals surface area contributed by atoms with Crippen LogP contribution in [-0.4, -0.2) is 34.5 Å². The molecule has 0 spiro atoms. The Morgan fingerprint density at radius 2 is 2.13 bits per heavy atom. The molecular weight excluding hydrogens is 294 g/mol. The largest absolute Gasteiger partial charge is 0.464 e. The zero-order valence-corrected chi connectivity index (χ0v) is 12.7. The summed E-state index contributed by atoms with van der Waals surface area (Å²) in [5.41, 5.74) is 1.83. The molecule has 1 atom stereocenters. The van der Waals surface area contributed by atoms with Gasteiger partial charge in [-0.15, -0.1) is 6.42 Å². The fraction of sp³-hybridized carbons (Fsp3) is 0.235. The molecule has 0 unspecified atom stereocenters. The lowest BCUT2D eigenvalue weighted by Crippen LogP contribution is -2.43. The van der Waals surface area contributed by atoms with Crippen LogP contribution in [0.3, 0.4) is 0 Å². The quantitative estimate of drug-likeness (QED) is 0.622. The molecule has 6 heteroatoms. The highest BCUT2D eigenvalue weighted by atomic mass is 16.5. The lowest BCUT2D eigenvalue weighted by molar-refractivity contribution is -0.145. The molecule has 118 valence electrons. The second-order valence-electron chi connectivity index (χ2n) is 4.78. The van der Waals surface area contributed by atoms with Crippen molar-refractivity contribution in [2.75, 3.05) is 6.61 Å². The maximum atomic E-state index is 12.3. The van der Waals surface area contributed by atoms with E-state index in [1.54, 1.807) is 37.4 Å². The summed E-state index contributed by atoms with van der Waals surface area (Å²) in [4.78, 5) is 31.1. The van der Waals surface area contributed by atoms with E-state index in [2.05, 4.69) is 21.2 Å². The zero-order chi connectivity index (χ0) is 16.7. The zero-order valence-electron chi connectivity index (χ0n) is 12.7. The second-order valence-corrected chi connectivity index (χ2v) is 4.78. The Morgan fingerprint density at radius 3 is 2.70 bits per heavy atom. The number of nitrogens with one attached hydrogen (secondary N) is 2. The van der Waals surface area contributed by atoms with Crippen LogP contribution in [0.1, 0.15) is 28.5 Å². The van der Waals surface area contributed by atoms with Crippen molar-refractivity contribution in [3.63, 3.8) is 0 Å². The highest BCUT2D eigenvalue weighted by molar-refractivity contribution is 5.96. The van der Waals surface area contributed by atoms with E-state index in [4.69, 9.17) is 11.2 Å². The molecule has 2 rings (SSSR count). The number of hydrogen-bond acceptors (Lipinski definition) is 4. The van der Waals surface area contributed by atoms with Crippen molar-refractivity contribution in [2.24, 2.45) is 0 Å². The summed E-state index contributed by atoms with van der Waals surface area (Å²) in [6.45, 7) is 1.95. The first-order valence-electron chi connectivity index (χ1n) is 7.15. The fourth-order valence-electron chi connectivity index (χ4n) is 2.01. The van der Waals surface area contributed by atoms with E-state index in [1.165, 1.54) is 6.33 Å². The average molecular weight is 311 g/mol. The van der Waals surface area contributed by atoms with Gasteiger partial charge in [0.15, 0.2) is 0 Å². The van der Waals surface area contributed by atoms with Crippen molar-refractivity contribution in [1.82, 2.24) is 15.3 Å². The van der Waals surface area contributed by atoms with Gasteiger partial charge in [0.25, 0.3) is 5.91 Å². The van der Waals surface area contributed by atoms with E-state index in [0.717, 1.165) is 5.69 Å². The summed E-state index contributed by atoms with van der Waals surface area (Å²) in [7, 11) is 0. The Bertz CT molecular complexity index is 700. The third-order valence-electron chi connectivity index (χ3n) is 3.17. The van der Waals surface area contributed by atoms with Crippen LogP contribution in [0.4, 0.5) is 0 Å². The summed E-state index contributed by atoms with van der Waals surface area (Å²) in [6, 6.07) is 5.77. The molecule has 2 N–H and O–H groups in total. The number of esters is 1. The Hall–Kier alpha value is -3.07. The number of aromatic nitrogens is 2. The van der Waals surface area contributed by atoms with Gasteiger partial charge < -0.3 is 15.0 Å². The number of H-pyrrole nitrogens is 1. The van der Waals surface area contributed by atoms with Crippen molar-refractivity contribution >= 4 is 11.9 Å². The number of carbonyl (C=O) groups excluding carboxylic acids is 2. The lowest BCUT2D eigenvalue weighted by atomic mass is 10.1. The molecule has 0 saturated heterocycles. The van der Waals surface area contributed by atoms with Gasteiger partial charge >= 0.3 is 5.97 Å². The van der Waals surface area contributed by atoms with E-state index in [-0.39, 0.29) is 18.9 Å². The van der Waals surface area contributed by atoms with E-state index in [1.807, 2.05) is 0 Å². The number of aromatic amines is 1. The predicted octanol–water partition coefficient (Wildman–Crippen LogP) is 1.30. The molecule has 0 fully saturated rings. The highest BCUT2D eigenvalue weighted by Gasteiger charge is 2.23. The predicted molar refractivity (Wildman–Crippen MR) is 84.6 cm³/mol. The highest BCUT2D eigenvalue weighted by Crippen LogP contribution is 2.06. The van der Waals surface area contributed by atoms with Crippen LogP contribution in [0.2, 0.25) is 0 Å². The molecule has 0 saturated carbocycles. The van der Waals surface area contributed by atoms with Gasteiger partial charge in [0, 0.05) is 29.4 Å². The number of nitrogens with zero attached hydrogens (tertiary/aromatic N) is 1. The van der Waals surface area contributed by atoms with Crippen LogP contribution in [0.15, 0.2) is 36.8 Å². The van der Waals surface area contributed by atoms with Crippen LogP contribution in [-0.2, 0) is 16.0 Å². The van der Waals surface area contributed by atoms with Gasteiger partial charge in [-0.1, -0.05) is 5.92 Å². The van der Waals surface area contributed by atoms with Crippen LogP contribution in [0.25, 0.3) is 0 Å². The van der Waals surface area contributed by atoms with Gasteiger partial charge in [-0.05, 0) is 31.2 Å². The molecule has 1 heterocycles. The maximum absolute atomic E-state index is 12.3. The number of hydrogen-bond donors (Lipinski definition) is 2. The Labute approximate surface area is 134 Å². The molecule has 0 radical (unpaired) electrons. The van der Waals surface area contributed by atoms with Crippen LogP contribution < -0.4 is 5.32 Å². The topological polar surface area (TPSA) is 84.1 Å². The molecule has 23 heavy (non-hydrogen) atoms. The fourth-order valence-corrected chi connectivity index (χ4v) is 2.01. The first-order chi connectivity index (χ1) is 11.1. The summed E-state index contributed by atoms with van der Waals surface area (Å²) < 4.78 is 5.01. The molecular formula is C17H17N3O3. The number of amides is 1. The molecule has 1 aromatic heterocycles. The third-order valence-corrected chi connectivity index (χ3v) is 3.17. The number of imidazole rings is 1. The molecule has 0 aliphatic heterocycles. The van der Waals surface area contributed by atoms with E-state index in [9.17, 15) is 9.59 Å². The van der Waals surface area contributed by atoms with Crippen molar-refractivity contribution in [2.45, 2.75) is 19.4 Å². The SMILES string of the molecule is C#Cc1ccc(C(=O)N[C@@H](Cc2cnc[nH]2)C(=O)OCC)cc1. The van der Waals surface area contributed by atoms with Gasteiger partial charge in [-0.2, -0.15) is 0 Å². The summed E-state index contributed by atoms with van der Waals surface area (Å²) in [5, 5.41) is 2.68. The van der Waals surface area contributed by atoms with Gasteiger partial charge in [-0.3, -0.25) is 4.79 Å². The van der Waals surface area contributed by atoms with E-state index >= 15 is 0 Å². The number of terminal acetylenes is 1. The molecule has 2 aromatic rings. The van der Waals surface area contributed by atoms with Crippen molar-refractivity contribution in [3.8, 4) is 12.3 Å². The van der Waals surface area contributed by atoms with Gasteiger partial charge in [0.1, 0.15) is 6.04 Å². The second kappa shape index (κ2) is 7.80. The minimum Gasteiger partial charge on any atom is -0.464 e. The Balaban J connectivity index is 2.10. The Kier molecular flexibility index (Phi) is 5.53. The molecule has 1 amide bonds. The van der Waals surface area contributed by atoms with Gasteiger partial charge in [0.05, 0.1) is 12.9 Å². The number of carbonyl (C=O) groups is 2. The van der Waals surface area contributed by atoms with E-state index < -0.39 is 12.0 Å². The number of ether oxygens (including phenoxy) is 1. The molecule has 0 aliphatic carbocycles. The average Bonchev–Trinajstić information content (AvgIpc) is 3.07. The maximum Gasteiger partial charge on any atom is 0.329 e. The van der Waals surface area contributed by atoms with E-state index in [0.29, 0.717) is 11.1 Å². The standard InChI is InChI=1S/C17H17N3O3/c1-3-12-5-7-13(8-6-12)16(21)20-15(17(22)23-4-2)9-14-10-18-11-19-14/h1,5-8,10-11,15H,4,9H2,2H3,(H,18,19)(H,20,21)/t15-/m0/s1. The molecule has 0 bridgehead atoms. The normalized spacial score (nSPS) is 11.3. The molecule has 1 aromatic carbocycles. The monoisotopic (exact) mass is 311 g/mol. The third kappa shape index (κ3) is 4.45. The minimum atomic E-state index is -0.796. The van der Waals surface area contributed by atoms with Crippen LogP contribution >= 0.6 is 0 Å². The molecule has 0 aliphatic rings. The van der Waals surface area contributed by atoms with Crippen molar-refractivity contribution in [3.05, 3.63) is 53.6 Å². The Morgan fingerprint density at radius 1 is 1.39 bits per heavy atom. The summed E-state index contributed by atoms with van der Waals surface area (Å²) >= 11 is 0. The number of benzene rings is 1. The van der Waals surface area contributed by atoms with Crippen molar-refractivity contribution in [1.29, 1.82) is 0 Å². The molecule has 6 nitrogen and oxygen atoms in total. The smallest absolute Gasteiger partial charge is 0.329 e. The van der Waals surface area contributed by atoms with Gasteiger partial charge in [0.2, 0.25) is 0 Å². The number of rotatable bonds is 6. The van der Waals surface area contributed by atoms with Crippen LogP contribution in [0, 0.1) is 12.3 Å². The first-order valence-corrected chi connectivity index (χ1v) is 7.15. The van der Waals surface area contributed by atoms with Crippen LogP contribution in [0.5, 0.6) is 0 Å². The first kappa shape index (κ1) is 16.3. The van der Waals surface area contributed by atoms with Crippen molar-refractivity contribution < 1.29 is 14.3 Å². The summed E-state index contributed by atoms with van der Waals surface area (Å²) in [5.74, 6) is 1.62. The lowest BCUT2D eigenvalue weighted by Gasteiger charge is -2.16. The van der Waals surface area contributed by atoms with Gasteiger partial charge in [-0.25, -0.2) is 9.78 Å².